The summed E-state index contributed by atoms with van der Waals surface area (Å²) in [6, 6.07) is 20.7. The van der Waals surface area contributed by atoms with Gasteiger partial charge in [0.25, 0.3) is 5.69 Å². The van der Waals surface area contributed by atoms with Gasteiger partial charge in [-0.15, -0.1) is 0 Å². The lowest BCUT2D eigenvalue weighted by molar-refractivity contribution is -0.384. The van der Waals surface area contributed by atoms with E-state index in [1.807, 2.05) is 41.3 Å². The number of piperazine rings is 1. The van der Waals surface area contributed by atoms with Crippen LogP contribution in [0.2, 0.25) is 5.02 Å². The van der Waals surface area contributed by atoms with Gasteiger partial charge in [0.2, 0.25) is 11.8 Å². The first-order valence-electron chi connectivity index (χ1n) is 13.0. The highest BCUT2D eigenvalue weighted by molar-refractivity contribution is 6.30. The maximum absolute atomic E-state index is 13.7. The molecule has 2 aliphatic rings. The molecule has 2 heterocycles. The first-order valence-corrected chi connectivity index (χ1v) is 13.4. The summed E-state index contributed by atoms with van der Waals surface area (Å²) in [7, 11) is 0. The van der Waals surface area contributed by atoms with Crippen LogP contribution in [0.25, 0.3) is 0 Å². The van der Waals surface area contributed by atoms with Crippen LogP contribution >= 0.6 is 11.6 Å². The quantitative estimate of drug-likeness (QED) is 0.347. The van der Waals surface area contributed by atoms with Crippen LogP contribution in [0.1, 0.15) is 16.7 Å². The van der Waals surface area contributed by atoms with Gasteiger partial charge in [0, 0.05) is 50.2 Å². The van der Waals surface area contributed by atoms with Gasteiger partial charge in [0.15, 0.2) is 0 Å². The Balaban J connectivity index is 1.28. The molecule has 0 aromatic heterocycles. The van der Waals surface area contributed by atoms with Crippen molar-refractivity contribution in [3.05, 3.63) is 105 Å². The molecule has 3 aromatic rings. The van der Waals surface area contributed by atoms with Gasteiger partial charge in [0.05, 0.1) is 11.0 Å². The van der Waals surface area contributed by atoms with E-state index in [0.717, 1.165) is 11.1 Å². The van der Waals surface area contributed by atoms with Crippen LogP contribution in [0.15, 0.2) is 72.8 Å². The molecular weight excluding hydrogens is 518 g/mol. The predicted octanol–water partition coefficient (Wildman–Crippen LogP) is 3.34. The van der Waals surface area contributed by atoms with Gasteiger partial charge >= 0.3 is 0 Å². The molecule has 2 N–H and O–H groups in total. The molecule has 2 amide bonds. The van der Waals surface area contributed by atoms with Gasteiger partial charge in [0.1, 0.15) is 11.7 Å². The van der Waals surface area contributed by atoms with Crippen molar-refractivity contribution in [2.45, 2.75) is 31.5 Å². The Hall–Kier alpha value is -3.95. The fourth-order valence-electron chi connectivity index (χ4n) is 5.24. The van der Waals surface area contributed by atoms with E-state index in [0.29, 0.717) is 56.3 Å². The van der Waals surface area contributed by atoms with Crippen molar-refractivity contribution in [1.29, 1.82) is 0 Å². The van der Waals surface area contributed by atoms with E-state index >= 15 is 0 Å². The van der Waals surface area contributed by atoms with Crippen LogP contribution in [0.4, 0.5) is 11.4 Å². The molecule has 2 aliphatic heterocycles. The van der Waals surface area contributed by atoms with Crippen molar-refractivity contribution in [3.8, 4) is 0 Å². The monoisotopic (exact) mass is 547 g/mol. The van der Waals surface area contributed by atoms with E-state index in [4.69, 9.17) is 11.6 Å². The molecule has 0 aliphatic carbocycles. The number of nitrogens with one attached hydrogen (secondary N) is 2. The molecular formula is C29H30ClN5O4. The Labute approximate surface area is 231 Å². The fourth-order valence-corrected chi connectivity index (χ4v) is 5.37. The summed E-state index contributed by atoms with van der Waals surface area (Å²) in [5.41, 5.74) is 3.78. The van der Waals surface area contributed by atoms with Gasteiger partial charge in [-0.2, -0.15) is 0 Å². The molecule has 202 valence electrons. The van der Waals surface area contributed by atoms with Gasteiger partial charge in [-0.25, -0.2) is 0 Å². The number of nitro groups is 1. The average Bonchev–Trinajstić information content (AvgIpc) is 2.97. The summed E-state index contributed by atoms with van der Waals surface area (Å²) < 4.78 is 0. The predicted molar refractivity (Wildman–Crippen MR) is 150 cm³/mol. The minimum Gasteiger partial charge on any atom is -0.362 e. The van der Waals surface area contributed by atoms with Crippen LogP contribution in [-0.2, 0) is 29.0 Å². The number of carbonyl (C=O) groups is 2. The number of nitro benzene ring substituents is 1. The van der Waals surface area contributed by atoms with Crippen molar-refractivity contribution in [3.63, 3.8) is 0 Å². The Morgan fingerprint density at radius 3 is 2.36 bits per heavy atom. The number of hydrogen-bond acceptors (Lipinski definition) is 6. The number of benzene rings is 3. The lowest BCUT2D eigenvalue weighted by atomic mass is 9.95. The lowest BCUT2D eigenvalue weighted by Gasteiger charge is -2.37. The second-order valence-corrected chi connectivity index (χ2v) is 10.3. The molecule has 3 aromatic carbocycles. The van der Waals surface area contributed by atoms with Gasteiger partial charge < -0.3 is 20.4 Å². The van der Waals surface area contributed by atoms with Crippen molar-refractivity contribution >= 4 is 34.8 Å². The highest BCUT2D eigenvalue weighted by Gasteiger charge is 2.33. The summed E-state index contributed by atoms with van der Waals surface area (Å²) >= 11 is 6.05. The molecule has 0 radical (unpaired) electrons. The zero-order chi connectivity index (χ0) is 27.4. The third-order valence-electron chi connectivity index (χ3n) is 7.38. The van der Waals surface area contributed by atoms with Gasteiger partial charge in [-0.05, 0) is 41.3 Å². The van der Waals surface area contributed by atoms with Gasteiger partial charge in [-0.1, -0.05) is 60.1 Å². The smallest absolute Gasteiger partial charge is 0.292 e. The third kappa shape index (κ3) is 6.21. The first kappa shape index (κ1) is 26.6. The summed E-state index contributed by atoms with van der Waals surface area (Å²) in [6.07, 6.45) is 0.883. The van der Waals surface area contributed by atoms with E-state index in [1.54, 1.807) is 35.2 Å². The molecule has 10 heteroatoms. The largest absolute Gasteiger partial charge is 0.362 e. The van der Waals surface area contributed by atoms with Crippen molar-refractivity contribution in [2.24, 2.45) is 0 Å². The Morgan fingerprint density at radius 1 is 0.974 bits per heavy atom. The molecule has 2 atom stereocenters. The molecule has 1 fully saturated rings. The van der Waals surface area contributed by atoms with Crippen molar-refractivity contribution in [2.75, 3.05) is 31.1 Å². The summed E-state index contributed by atoms with van der Waals surface area (Å²) in [5.74, 6) is -0.382. The van der Waals surface area contributed by atoms with E-state index in [9.17, 15) is 19.7 Å². The first-order chi connectivity index (χ1) is 18.9. The lowest BCUT2D eigenvalue weighted by Crippen LogP contribution is -2.58. The maximum Gasteiger partial charge on any atom is 0.292 e. The number of para-hydroxylation sites is 2. The van der Waals surface area contributed by atoms with Crippen molar-refractivity contribution in [1.82, 2.24) is 15.5 Å². The molecule has 1 saturated heterocycles. The standard InChI is InChI=1S/C29H30ClN5O4/c30-23-11-9-20(10-12-23)17-25(32-28(36)24-18-21-5-1-2-6-22(21)19-31-24)29(37)34-15-13-33(14-16-34)26-7-3-4-8-27(26)35(38)39/h1-12,24-25,31H,13-19H2,(H,32,36)/t24-,25+/m0/s1. The molecule has 5 rings (SSSR count). The van der Waals surface area contributed by atoms with E-state index in [2.05, 4.69) is 10.6 Å². The number of anilines is 1. The van der Waals surface area contributed by atoms with E-state index in [1.165, 1.54) is 11.6 Å². The zero-order valence-corrected chi connectivity index (χ0v) is 22.1. The maximum atomic E-state index is 13.7. The number of halogens is 1. The summed E-state index contributed by atoms with van der Waals surface area (Å²) in [4.78, 5) is 41.9. The number of carbonyl (C=O) groups excluding carboxylic acids is 2. The Kier molecular flexibility index (Phi) is 8.09. The number of fused-ring (bicyclic) bond motifs is 1. The summed E-state index contributed by atoms with van der Waals surface area (Å²) in [6.45, 7) is 2.30. The molecule has 0 saturated carbocycles. The minimum atomic E-state index is -0.754. The number of amides is 2. The zero-order valence-electron chi connectivity index (χ0n) is 21.4. The molecule has 39 heavy (non-hydrogen) atoms. The van der Waals surface area contributed by atoms with Crippen molar-refractivity contribution < 1.29 is 14.5 Å². The van der Waals surface area contributed by atoms with Crippen LogP contribution in [0.3, 0.4) is 0 Å². The second-order valence-electron chi connectivity index (χ2n) is 9.86. The summed E-state index contributed by atoms with van der Waals surface area (Å²) in [5, 5.41) is 18.4. The third-order valence-corrected chi connectivity index (χ3v) is 7.63. The number of rotatable bonds is 7. The second kappa shape index (κ2) is 11.8. The highest BCUT2D eigenvalue weighted by Crippen LogP contribution is 2.28. The number of nitrogens with zero attached hydrogens (tertiary/aromatic N) is 3. The molecule has 0 unspecified atom stereocenters. The topological polar surface area (TPSA) is 108 Å². The SMILES string of the molecule is O=C(N[C@H](Cc1ccc(Cl)cc1)C(=O)N1CCN(c2ccccc2[N+](=O)[O-])CC1)[C@@H]1Cc2ccccc2CN1. The highest BCUT2D eigenvalue weighted by atomic mass is 35.5. The van der Waals surface area contributed by atoms with Crippen LogP contribution < -0.4 is 15.5 Å². The molecule has 0 spiro atoms. The molecule has 9 nitrogen and oxygen atoms in total. The van der Waals surface area contributed by atoms with Crippen LogP contribution in [0.5, 0.6) is 0 Å². The Morgan fingerprint density at radius 2 is 1.64 bits per heavy atom. The molecule has 0 bridgehead atoms. The van der Waals surface area contributed by atoms with Gasteiger partial charge in [-0.3, -0.25) is 19.7 Å². The number of hydrogen-bond donors (Lipinski definition) is 2. The average molecular weight is 548 g/mol. The minimum absolute atomic E-state index is 0.0479. The van der Waals surface area contributed by atoms with E-state index in [-0.39, 0.29) is 22.4 Å². The normalized spacial score (nSPS) is 17.7. The Bertz CT molecular complexity index is 1360. The van der Waals surface area contributed by atoms with E-state index < -0.39 is 12.1 Å². The van der Waals surface area contributed by atoms with Crippen LogP contribution in [-0.4, -0.2) is 59.9 Å². The fraction of sp³-hybridized carbons (Fsp3) is 0.310. The van der Waals surface area contributed by atoms with Crippen LogP contribution in [0, 0.1) is 10.1 Å².